The zero-order valence-corrected chi connectivity index (χ0v) is 14.2. The lowest BCUT2D eigenvalue weighted by atomic mass is 9.96. The van der Waals surface area contributed by atoms with Crippen LogP contribution in [0, 0.1) is 11.8 Å². The molecule has 2 atom stereocenters. The highest BCUT2D eigenvalue weighted by molar-refractivity contribution is 5.79. The Bertz CT molecular complexity index is 625. The number of halogens is 3. The molecule has 0 spiro atoms. The Kier molecular flexibility index (Phi) is 5.75. The minimum Gasteiger partial charge on any atom is -0.481 e. The summed E-state index contributed by atoms with van der Waals surface area (Å²) in [6.07, 6.45) is -4.13. The Labute approximate surface area is 144 Å². The lowest BCUT2D eigenvalue weighted by Crippen LogP contribution is -2.34. The second kappa shape index (κ2) is 7.45. The molecular formula is C18H22F3NO3. The van der Waals surface area contributed by atoms with E-state index in [0.717, 1.165) is 10.5 Å². The van der Waals surface area contributed by atoms with Gasteiger partial charge >= 0.3 is 12.1 Å². The number of rotatable bonds is 5. The summed E-state index contributed by atoms with van der Waals surface area (Å²) in [6, 6.07) is 7.76. The van der Waals surface area contributed by atoms with E-state index in [-0.39, 0.29) is 13.0 Å². The van der Waals surface area contributed by atoms with Crippen molar-refractivity contribution in [3.63, 3.8) is 0 Å². The molecule has 0 aliphatic carbocycles. The normalized spacial score (nSPS) is 21.0. The summed E-state index contributed by atoms with van der Waals surface area (Å²) in [4.78, 5) is 24.3. The van der Waals surface area contributed by atoms with Crippen LogP contribution in [0.2, 0.25) is 0 Å². The van der Waals surface area contributed by atoms with Crippen molar-refractivity contribution < 1.29 is 27.9 Å². The highest BCUT2D eigenvalue weighted by atomic mass is 19.4. The first-order valence-electron chi connectivity index (χ1n) is 8.25. The smallest absolute Gasteiger partial charge is 0.394 e. The molecule has 138 valence electrons. The molecule has 1 aromatic carbocycles. The summed E-state index contributed by atoms with van der Waals surface area (Å²) in [7, 11) is 0. The lowest BCUT2D eigenvalue weighted by molar-refractivity contribution is -0.188. The van der Waals surface area contributed by atoms with Crippen LogP contribution in [0.5, 0.6) is 0 Å². The molecule has 1 aromatic rings. The first kappa shape index (κ1) is 19.3. The third-order valence-electron chi connectivity index (χ3n) is 4.68. The zero-order chi connectivity index (χ0) is 18.8. The molecule has 1 heterocycles. The fraction of sp³-hybridized carbons (Fsp3) is 0.556. The van der Waals surface area contributed by atoms with E-state index >= 15 is 0 Å². The number of hydrogen-bond acceptors (Lipinski definition) is 2. The van der Waals surface area contributed by atoms with Crippen LogP contribution < -0.4 is 0 Å². The Hall–Kier alpha value is -2.05. The zero-order valence-electron chi connectivity index (χ0n) is 14.2. The number of carboxylic acids is 1. The van der Waals surface area contributed by atoms with Crippen LogP contribution in [0.3, 0.4) is 0 Å². The maximum atomic E-state index is 13.0. The maximum Gasteiger partial charge on any atom is 0.394 e. The Balaban J connectivity index is 1.96. The highest BCUT2D eigenvalue weighted by Gasteiger charge is 2.53. The molecule has 1 N–H and O–H groups in total. The lowest BCUT2D eigenvalue weighted by Gasteiger charge is -2.18. The van der Waals surface area contributed by atoms with E-state index in [1.807, 2.05) is 24.3 Å². The molecular weight excluding hydrogens is 335 g/mol. The fourth-order valence-corrected chi connectivity index (χ4v) is 3.07. The molecule has 0 bridgehead atoms. The van der Waals surface area contributed by atoms with Gasteiger partial charge in [-0.2, -0.15) is 13.2 Å². The van der Waals surface area contributed by atoms with Crippen LogP contribution in [-0.2, 0) is 16.0 Å². The molecule has 7 heteroatoms. The summed E-state index contributed by atoms with van der Waals surface area (Å²) < 4.78 is 38.9. The third-order valence-corrected chi connectivity index (χ3v) is 4.68. The molecule has 1 saturated heterocycles. The van der Waals surface area contributed by atoms with Crippen LogP contribution in [0.25, 0.3) is 0 Å². The molecule has 0 aromatic heterocycles. The molecule has 4 nitrogen and oxygen atoms in total. The van der Waals surface area contributed by atoms with E-state index in [2.05, 4.69) is 13.8 Å². The number of carbonyl (C=O) groups is 2. The summed E-state index contributed by atoms with van der Waals surface area (Å²) in [6.45, 7) is 3.18. The topological polar surface area (TPSA) is 57.6 Å². The predicted octanol–water partition coefficient (Wildman–Crippen LogP) is 3.46. The van der Waals surface area contributed by atoms with Crippen LogP contribution in [0.15, 0.2) is 24.3 Å². The molecule has 0 radical (unpaired) electrons. The largest absolute Gasteiger partial charge is 0.481 e. The fourth-order valence-electron chi connectivity index (χ4n) is 3.07. The molecule has 1 amide bonds. The number of likely N-dealkylation sites (tertiary alicyclic amines) is 1. The van der Waals surface area contributed by atoms with Crippen LogP contribution in [0.4, 0.5) is 13.2 Å². The van der Waals surface area contributed by atoms with E-state index in [4.69, 9.17) is 5.11 Å². The predicted molar refractivity (Wildman–Crippen MR) is 86.1 cm³/mol. The first-order valence-corrected chi connectivity index (χ1v) is 8.25. The van der Waals surface area contributed by atoms with Gasteiger partial charge in [0.2, 0.25) is 5.91 Å². The van der Waals surface area contributed by atoms with Gasteiger partial charge in [-0.05, 0) is 23.5 Å². The Morgan fingerprint density at radius 1 is 1.20 bits per heavy atom. The second-order valence-electron chi connectivity index (χ2n) is 6.79. The maximum absolute atomic E-state index is 13.0. The minimum absolute atomic E-state index is 0.0674. The van der Waals surface area contributed by atoms with Crippen LogP contribution in [-0.4, -0.2) is 41.1 Å². The van der Waals surface area contributed by atoms with E-state index in [0.29, 0.717) is 12.3 Å². The number of hydrogen-bond donors (Lipinski definition) is 1. The van der Waals surface area contributed by atoms with Crippen molar-refractivity contribution in [2.75, 3.05) is 13.1 Å². The number of alkyl halides is 3. The molecule has 1 aliphatic heterocycles. The van der Waals surface area contributed by atoms with Crippen LogP contribution in [0.1, 0.15) is 37.3 Å². The van der Waals surface area contributed by atoms with Crippen molar-refractivity contribution in [2.45, 2.75) is 38.8 Å². The van der Waals surface area contributed by atoms with Crippen molar-refractivity contribution in [3.8, 4) is 0 Å². The molecule has 25 heavy (non-hydrogen) atoms. The molecule has 0 unspecified atom stereocenters. The summed E-state index contributed by atoms with van der Waals surface area (Å²) >= 11 is 0. The minimum atomic E-state index is -4.62. The van der Waals surface area contributed by atoms with Gasteiger partial charge in [0, 0.05) is 19.5 Å². The van der Waals surface area contributed by atoms with Gasteiger partial charge < -0.3 is 10.0 Å². The van der Waals surface area contributed by atoms with Gasteiger partial charge in [-0.25, -0.2) is 0 Å². The van der Waals surface area contributed by atoms with Crippen LogP contribution >= 0.6 is 0 Å². The van der Waals surface area contributed by atoms with Gasteiger partial charge in [0.1, 0.15) is 0 Å². The van der Waals surface area contributed by atoms with Gasteiger partial charge in [0.15, 0.2) is 0 Å². The number of aryl methyl sites for hydroxylation is 1. The van der Waals surface area contributed by atoms with Crippen molar-refractivity contribution in [2.24, 2.45) is 11.8 Å². The van der Waals surface area contributed by atoms with E-state index in [1.165, 1.54) is 5.56 Å². The Morgan fingerprint density at radius 2 is 1.80 bits per heavy atom. The average molecular weight is 357 g/mol. The van der Waals surface area contributed by atoms with Gasteiger partial charge in [-0.1, -0.05) is 38.1 Å². The highest BCUT2D eigenvalue weighted by Crippen LogP contribution is 2.37. The van der Waals surface area contributed by atoms with E-state index in [1.54, 1.807) is 0 Å². The quantitative estimate of drug-likeness (QED) is 0.878. The first-order chi connectivity index (χ1) is 11.6. The van der Waals surface area contributed by atoms with Crippen molar-refractivity contribution >= 4 is 11.9 Å². The summed E-state index contributed by atoms with van der Waals surface area (Å²) in [5.41, 5.74) is 2.10. The van der Waals surface area contributed by atoms with Crippen molar-refractivity contribution in [1.29, 1.82) is 0 Å². The SMILES string of the molecule is CC(C)c1ccc(CCC(=O)N2C[C@@H](C(F)(F)F)[C@H](C(=O)O)C2)cc1. The van der Waals surface area contributed by atoms with Crippen molar-refractivity contribution in [3.05, 3.63) is 35.4 Å². The average Bonchev–Trinajstić information content (AvgIpc) is 2.99. The van der Waals surface area contributed by atoms with Gasteiger partial charge in [0.05, 0.1) is 11.8 Å². The summed E-state index contributed by atoms with van der Waals surface area (Å²) in [5.74, 6) is -5.14. The van der Waals surface area contributed by atoms with E-state index in [9.17, 15) is 22.8 Å². The molecule has 0 saturated carbocycles. The Morgan fingerprint density at radius 3 is 2.24 bits per heavy atom. The molecule has 1 fully saturated rings. The number of carbonyl (C=O) groups excluding carboxylic acids is 1. The standard InChI is InChI=1S/C18H22F3NO3/c1-11(2)13-6-3-12(4-7-13)5-8-16(23)22-9-14(17(24)25)15(10-22)18(19,20)21/h3-4,6-7,11,14-15H,5,8-10H2,1-2H3,(H,24,25)/t14-,15-/m1/s1. The monoisotopic (exact) mass is 357 g/mol. The van der Waals surface area contributed by atoms with E-state index < -0.39 is 36.4 Å². The second-order valence-corrected chi connectivity index (χ2v) is 6.79. The third kappa shape index (κ3) is 4.74. The van der Waals surface area contributed by atoms with Gasteiger partial charge in [-0.3, -0.25) is 9.59 Å². The molecule has 1 aliphatic rings. The van der Waals surface area contributed by atoms with Gasteiger partial charge in [-0.15, -0.1) is 0 Å². The summed E-state index contributed by atoms with van der Waals surface area (Å²) in [5, 5.41) is 8.99. The number of aliphatic carboxylic acids is 1. The number of nitrogens with zero attached hydrogens (tertiary/aromatic N) is 1. The number of carboxylic acid groups (broad SMARTS) is 1. The van der Waals surface area contributed by atoms with Gasteiger partial charge in [0.25, 0.3) is 0 Å². The number of amides is 1. The molecule has 2 rings (SSSR count). The van der Waals surface area contributed by atoms with Crippen molar-refractivity contribution in [1.82, 2.24) is 4.90 Å². The number of benzene rings is 1.